The first-order valence-electron chi connectivity index (χ1n) is 17.7. The molecule has 1 N–H and O–H groups in total. The number of allylic oxidation sites excluding steroid dienone is 4. The van der Waals surface area contributed by atoms with Gasteiger partial charge < -0.3 is 14.9 Å². The van der Waals surface area contributed by atoms with Crippen LogP contribution in [0.5, 0.6) is 0 Å². The van der Waals surface area contributed by atoms with Crippen molar-refractivity contribution in [1.82, 2.24) is 14.7 Å². The molecule has 5 atom stereocenters. The second-order valence-corrected chi connectivity index (χ2v) is 15.3. The van der Waals surface area contributed by atoms with Gasteiger partial charge in [0.1, 0.15) is 5.60 Å². The summed E-state index contributed by atoms with van der Waals surface area (Å²) in [6, 6.07) is 7.09. The summed E-state index contributed by atoms with van der Waals surface area (Å²) in [6.45, 7) is 8.65. The standard InChI is InChI=1S/C37H46F5N3O3/c1-34-23-30(24-4-6-25(7-5-24)33(47)45-20-18-44(19-21-45)17-16-43-14-2-3-15-43)32-28-11-9-27(46)22-26(28)8-10-29(32)31(34)12-13-35(34,48)36(38,39)37(40,41)42/h4-7,22,29-31,48H,2-3,8-21,23H2,1H3/t29-,30+,31-,34-,35+/m0/s1. The van der Waals surface area contributed by atoms with E-state index < -0.39 is 41.4 Å². The monoisotopic (exact) mass is 675 g/mol. The fourth-order valence-corrected chi connectivity index (χ4v) is 10.2. The average Bonchev–Trinajstić information content (AvgIpc) is 3.69. The molecule has 4 aliphatic carbocycles. The van der Waals surface area contributed by atoms with Gasteiger partial charge in [0.15, 0.2) is 5.78 Å². The fraction of sp³-hybridized carbons (Fsp3) is 0.676. The van der Waals surface area contributed by atoms with Crippen LogP contribution >= 0.6 is 0 Å². The zero-order valence-corrected chi connectivity index (χ0v) is 27.6. The first kappa shape index (κ1) is 33.8. The first-order chi connectivity index (χ1) is 22.7. The molecule has 1 aromatic rings. The van der Waals surface area contributed by atoms with Gasteiger partial charge >= 0.3 is 12.1 Å². The summed E-state index contributed by atoms with van der Waals surface area (Å²) in [5.74, 6) is -6.68. The van der Waals surface area contributed by atoms with Crippen molar-refractivity contribution < 1.29 is 36.6 Å². The zero-order valence-electron chi connectivity index (χ0n) is 27.6. The van der Waals surface area contributed by atoms with Gasteiger partial charge in [-0.1, -0.05) is 24.6 Å². The Balaban J connectivity index is 1.15. The third-order valence-corrected chi connectivity index (χ3v) is 12.9. The van der Waals surface area contributed by atoms with Crippen LogP contribution in [-0.2, 0) is 4.79 Å². The van der Waals surface area contributed by atoms with Gasteiger partial charge in [-0.25, -0.2) is 0 Å². The molecule has 4 fully saturated rings. The van der Waals surface area contributed by atoms with Gasteiger partial charge in [-0.2, -0.15) is 22.0 Å². The number of nitrogens with zero attached hydrogens (tertiary/aromatic N) is 3. The lowest BCUT2D eigenvalue weighted by atomic mass is 9.50. The van der Waals surface area contributed by atoms with Gasteiger partial charge in [0.2, 0.25) is 0 Å². The molecule has 0 unspecified atom stereocenters. The largest absolute Gasteiger partial charge is 0.456 e. The molecule has 1 aromatic carbocycles. The van der Waals surface area contributed by atoms with Crippen LogP contribution in [0.1, 0.15) is 86.6 Å². The van der Waals surface area contributed by atoms with E-state index in [-0.39, 0.29) is 30.4 Å². The summed E-state index contributed by atoms with van der Waals surface area (Å²) < 4.78 is 72.2. The van der Waals surface area contributed by atoms with E-state index in [9.17, 15) is 27.9 Å². The number of amides is 1. The molecule has 0 spiro atoms. The second kappa shape index (κ2) is 12.3. The van der Waals surface area contributed by atoms with E-state index in [1.165, 1.54) is 19.8 Å². The summed E-state index contributed by atoms with van der Waals surface area (Å²) in [6.07, 6.45) is -0.402. The Labute approximate surface area is 279 Å². The number of rotatable bonds is 6. The number of piperazine rings is 1. The Kier molecular flexibility index (Phi) is 8.67. The maximum atomic E-state index is 15.3. The van der Waals surface area contributed by atoms with Crippen molar-refractivity contribution in [2.24, 2.45) is 17.3 Å². The van der Waals surface area contributed by atoms with Gasteiger partial charge in [-0.15, -0.1) is 0 Å². The summed E-state index contributed by atoms with van der Waals surface area (Å²) in [5, 5.41) is 11.5. The minimum absolute atomic E-state index is 0.0420. The highest BCUT2D eigenvalue weighted by molar-refractivity contribution is 5.94. The normalized spacial score (nSPS) is 33.4. The molecule has 2 heterocycles. The Morgan fingerprint density at radius 2 is 1.54 bits per heavy atom. The summed E-state index contributed by atoms with van der Waals surface area (Å²) in [7, 11) is 0. The van der Waals surface area contributed by atoms with Gasteiger partial charge in [-0.05, 0) is 111 Å². The molecule has 7 rings (SSSR count). The molecule has 2 aliphatic heterocycles. The number of benzene rings is 1. The van der Waals surface area contributed by atoms with Crippen molar-refractivity contribution in [2.75, 3.05) is 52.4 Å². The zero-order chi connectivity index (χ0) is 34.1. The molecule has 0 radical (unpaired) electrons. The number of hydrogen-bond acceptors (Lipinski definition) is 5. The van der Waals surface area contributed by atoms with E-state index in [1.54, 1.807) is 30.3 Å². The van der Waals surface area contributed by atoms with Crippen LogP contribution in [0.4, 0.5) is 22.0 Å². The van der Waals surface area contributed by atoms with Crippen LogP contribution in [0.3, 0.4) is 0 Å². The van der Waals surface area contributed by atoms with Crippen molar-refractivity contribution in [3.05, 3.63) is 58.2 Å². The predicted octanol–water partition coefficient (Wildman–Crippen LogP) is 6.37. The number of ketones is 1. The number of carbonyl (C=O) groups is 2. The van der Waals surface area contributed by atoms with Crippen molar-refractivity contribution >= 4 is 11.7 Å². The van der Waals surface area contributed by atoms with Crippen molar-refractivity contribution in [2.45, 2.75) is 88.3 Å². The highest BCUT2D eigenvalue weighted by atomic mass is 19.4. The number of likely N-dealkylation sites (tertiary alicyclic amines) is 1. The van der Waals surface area contributed by atoms with Crippen LogP contribution < -0.4 is 0 Å². The third-order valence-electron chi connectivity index (χ3n) is 12.9. The predicted molar refractivity (Wildman–Crippen MR) is 171 cm³/mol. The minimum Gasteiger partial charge on any atom is -0.383 e. The number of carbonyl (C=O) groups excluding carboxylic acids is 2. The number of halogens is 5. The molecule has 48 heavy (non-hydrogen) atoms. The molecule has 2 saturated heterocycles. The minimum atomic E-state index is -5.89. The molecular formula is C37H46F5N3O3. The molecule has 0 bridgehead atoms. The maximum Gasteiger partial charge on any atom is 0.456 e. The van der Waals surface area contributed by atoms with Gasteiger partial charge in [0.25, 0.3) is 5.91 Å². The third kappa shape index (κ3) is 5.46. The molecule has 2 saturated carbocycles. The van der Waals surface area contributed by atoms with Crippen LogP contribution in [0.2, 0.25) is 0 Å². The van der Waals surface area contributed by atoms with Crippen molar-refractivity contribution in [1.29, 1.82) is 0 Å². The molecule has 6 aliphatic rings. The molecule has 1 amide bonds. The van der Waals surface area contributed by atoms with Gasteiger partial charge in [-0.3, -0.25) is 14.5 Å². The van der Waals surface area contributed by atoms with E-state index in [1.807, 2.05) is 4.90 Å². The van der Waals surface area contributed by atoms with E-state index in [0.717, 1.165) is 61.6 Å². The highest BCUT2D eigenvalue weighted by Crippen LogP contribution is 2.70. The average molecular weight is 676 g/mol. The number of fused-ring (bicyclic) bond motifs is 4. The second-order valence-electron chi connectivity index (χ2n) is 15.3. The number of hydrogen-bond donors (Lipinski definition) is 1. The SMILES string of the molecule is C[C@]12C[C@H](c3ccc(C(=O)N4CCN(CCN5CCCC5)CC4)cc3)C3=C4CCC(=O)C=C4CC[C@H]3[C@@H]1CC[C@]2(O)C(F)(F)C(F)(F)F. The molecular weight excluding hydrogens is 629 g/mol. The molecule has 11 heteroatoms. The van der Waals surface area contributed by atoms with E-state index >= 15 is 8.78 Å². The Bertz CT molecular complexity index is 1490. The van der Waals surface area contributed by atoms with Crippen LogP contribution in [0.25, 0.3) is 0 Å². The highest BCUT2D eigenvalue weighted by Gasteiger charge is 2.79. The lowest BCUT2D eigenvalue weighted by Gasteiger charge is -2.56. The molecule has 6 nitrogen and oxygen atoms in total. The lowest BCUT2D eigenvalue weighted by Crippen LogP contribution is -2.65. The number of alkyl halides is 5. The van der Waals surface area contributed by atoms with Gasteiger partial charge in [0.05, 0.1) is 0 Å². The Hall–Kier alpha value is -2.63. The molecule has 0 aromatic heterocycles. The quantitative estimate of drug-likeness (QED) is 0.356. The van der Waals surface area contributed by atoms with E-state index in [2.05, 4.69) is 9.80 Å². The smallest absolute Gasteiger partial charge is 0.383 e. The number of aliphatic hydroxyl groups is 1. The Morgan fingerprint density at radius 3 is 2.19 bits per heavy atom. The van der Waals surface area contributed by atoms with Crippen molar-refractivity contribution in [3.8, 4) is 0 Å². The van der Waals surface area contributed by atoms with Gasteiger partial charge in [0, 0.05) is 62.6 Å². The van der Waals surface area contributed by atoms with E-state index in [0.29, 0.717) is 44.3 Å². The summed E-state index contributed by atoms with van der Waals surface area (Å²) in [5.41, 5.74) is -0.737. The lowest BCUT2D eigenvalue weighted by molar-refractivity contribution is -0.362. The van der Waals surface area contributed by atoms with Crippen LogP contribution in [0.15, 0.2) is 47.1 Å². The van der Waals surface area contributed by atoms with Crippen LogP contribution in [-0.4, -0.2) is 102 Å². The van der Waals surface area contributed by atoms with Crippen molar-refractivity contribution in [3.63, 3.8) is 0 Å². The first-order valence-corrected chi connectivity index (χ1v) is 17.7. The topological polar surface area (TPSA) is 64.1 Å². The Morgan fingerprint density at radius 1 is 0.896 bits per heavy atom. The molecule has 262 valence electrons. The summed E-state index contributed by atoms with van der Waals surface area (Å²) >= 11 is 0. The van der Waals surface area contributed by atoms with Crippen LogP contribution in [0, 0.1) is 17.3 Å². The maximum absolute atomic E-state index is 15.3. The summed E-state index contributed by atoms with van der Waals surface area (Å²) in [4.78, 5) is 32.6. The van der Waals surface area contributed by atoms with E-state index in [4.69, 9.17) is 0 Å². The fourth-order valence-electron chi connectivity index (χ4n) is 10.2.